The molecular weight excluding hydrogens is 258 g/mol. The molecule has 8 heteroatoms. The summed E-state index contributed by atoms with van der Waals surface area (Å²) in [6.07, 6.45) is 5.63. The van der Waals surface area contributed by atoms with Crippen LogP contribution in [-0.2, 0) is 15.4 Å². The van der Waals surface area contributed by atoms with Crippen molar-refractivity contribution in [2.75, 3.05) is 19.1 Å². The summed E-state index contributed by atoms with van der Waals surface area (Å²) in [5.74, 6) is -0.514. The van der Waals surface area contributed by atoms with E-state index in [1.54, 1.807) is 0 Å². The predicted molar refractivity (Wildman–Crippen MR) is 66.6 cm³/mol. The molecule has 1 fully saturated rings. The van der Waals surface area contributed by atoms with E-state index < -0.39 is 17.0 Å². The van der Waals surface area contributed by atoms with Crippen molar-refractivity contribution in [2.45, 2.75) is 38.1 Å². The van der Waals surface area contributed by atoms with E-state index in [1.165, 1.54) is 13.5 Å². The van der Waals surface area contributed by atoms with Crippen LogP contribution in [0.15, 0.2) is 9.32 Å². The van der Waals surface area contributed by atoms with Gasteiger partial charge in [-0.25, -0.2) is 9.00 Å². The standard InChI is InChI=1S/C10H17N3O4S/c1-12(8-6-4-3-5-7-8)9-11-17-10(14)13(9)18(15)16-2/h8H,3-7H2,1-2H3. The fraction of sp³-hybridized carbons (Fsp3) is 0.800. The lowest BCUT2D eigenvalue weighted by Gasteiger charge is -2.30. The molecule has 1 unspecified atom stereocenters. The number of anilines is 1. The topological polar surface area (TPSA) is 77.6 Å². The fourth-order valence-corrected chi connectivity index (χ4v) is 2.88. The van der Waals surface area contributed by atoms with Gasteiger partial charge in [0.2, 0.25) is 0 Å². The first kappa shape index (κ1) is 13.3. The average Bonchev–Trinajstić information content (AvgIpc) is 2.80. The van der Waals surface area contributed by atoms with Crippen LogP contribution >= 0.6 is 0 Å². The van der Waals surface area contributed by atoms with E-state index in [4.69, 9.17) is 0 Å². The highest BCUT2D eigenvalue weighted by Gasteiger charge is 2.26. The van der Waals surface area contributed by atoms with Gasteiger partial charge in [-0.2, -0.15) is 0 Å². The van der Waals surface area contributed by atoms with E-state index >= 15 is 0 Å². The van der Waals surface area contributed by atoms with Gasteiger partial charge in [0.05, 0.1) is 7.11 Å². The summed E-state index contributed by atoms with van der Waals surface area (Å²) in [5, 5.41) is 3.69. The molecule has 0 aromatic carbocycles. The van der Waals surface area contributed by atoms with E-state index in [2.05, 4.69) is 13.9 Å². The lowest BCUT2D eigenvalue weighted by Crippen LogP contribution is -2.36. The third-order valence-electron chi connectivity index (χ3n) is 3.28. The molecule has 2 rings (SSSR count). The molecule has 1 aliphatic carbocycles. The van der Waals surface area contributed by atoms with E-state index in [0.717, 1.165) is 29.7 Å². The Kier molecular flexibility index (Phi) is 4.18. The lowest BCUT2D eigenvalue weighted by atomic mass is 9.95. The molecule has 1 aromatic heterocycles. The Labute approximate surface area is 107 Å². The zero-order chi connectivity index (χ0) is 13.1. The zero-order valence-corrected chi connectivity index (χ0v) is 11.3. The molecule has 1 heterocycles. The molecule has 0 aliphatic heterocycles. The van der Waals surface area contributed by atoms with Crippen LogP contribution in [0, 0.1) is 0 Å². The Hall–Kier alpha value is -1.15. The molecular formula is C10H17N3O4S. The van der Waals surface area contributed by atoms with Crippen molar-refractivity contribution >= 4 is 17.2 Å². The van der Waals surface area contributed by atoms with Crippen LogP contribution in [0.25, 0.3) is 0 Å². The minimum Gasteiger partial charge on any atom is -0.339 e. The highest BCUT2D eigenvalue weighted by Crippen LogP contribution is 2.24. The Balaban J connectivity index is 2.27. The van der Waals surface area contributed by atoms with Crippen molar-refractivity contribution in [3.8, 4) is 0 Å². The van der Waals surface area contributed by atoms with E-state index in [0.29, 0.717) is 6.04 Å². The molecule has 0 spiro atoms. The van der Waals surface area contributed by atoms with Gasteiger partial charge in [-0.3, -0.25) is 8.71 Å². The minimum atomic E-state index is -1.90. The quantitative estimate of drug-likeness (QED) is 0.804. The van der Waals surface area contributed by atoms with Crippen LogP contribution in [0.3, 0.4) is 0 Å². The maximum atomic E-state index is 11.6. The van der Waals surface area contributed by atoms with Gasteiger partial charge >= 0.3 is 5.76 Å². The summed E-state index contributed by atoms with van der Waals surface area (Å²) in [7, 11) is 3.09. The molecule has 0 N–H and O–H groups in total. The van der Waals surface area contributed by atoms with E-state index in [-0.39, 0.29) is 5.95 Å². The molecule has 0 saturated heterocycles. The number of aromatic nitrogens is 2. The summed E-state index contributed by atoms with van der Waals surface area (Å²) in [4.78, 5) is 13.3. The molecule has 0 radical (unpaired) electrons. The average molecular weight is 275 g/mol. The van der Waals surface area contributed by atoms with Crippen LogP contribution in [0.2, 0.25) is 0 Å². The summed E-state index contributed by atoms with van der Waals surface area (Å²) in [6, 6.07) is 0.295. The van der Waals surface area contributed by atoms with Gasteiger partial charge in [0, 0.05) is 13.1 Å². The monoisotopic (exact) mass is 275 g/mol. The van der Waals surface area contributed by atoms with Gasteiger partial charge in [0.1, 0.15) is 0 Å². The number of hydrogen-bond donors (Lipinski definition) is 0. The van der Waals surface area contributed by atoms with Crippen LogP contribution in [0.4, 0.5) is 5.95 Å². The van der Waals surface area contributed by atoms with Gasteiger partial charge in [0.25, 0.3) is 17.2 Å². The van der Waals surface area contributed by atoms with Crippen molar-refractivity contribution in [2.24, 2.45) is 0 Å². The Bertz CT molecular complexity index is 478. The number of nitrogens with zero attached hydrogens (tertiary/aromatic N) is 3. The zero-order valence-electron chi connectivity index (χ0n) is 10.5. The van der Waals surface area contributed by atoms with Crippen molar-refractivity contribution in [1.82, 2.24) is 9.13 Å². The third-order valence-corrected chi connectivity index (χ3v) is 4.18. The third kappa shape index (κ3) is 2.49. The summed E-state index contributed by atoms with van der Waals surface area (Å²) < 4.78 is 21.8. The Morgan fingerprint density at radius 3 is 2.72 bits per heavy atom. The second-order valence-electron chi connectivity index (χ2n) is 4.33. The highest BCUT2D eigenvalue weighted by molar-refractivity contribution is 7.78. The molecule has 7 nitrogen and oxygen atoms in total. The SMILES string of the molecule is COS(=O)n1c(N(C)C2CCCCC2)noc1=O. The number of rotatable bonds is 4. The first-order chi connectivity index (χ1) is 8.65. The normalized spacial score (nSPS) is 18.8. The highest BCUT2D eigenvalue weighted by atomic mass is 32.2. The predicted octanol–water partition coefficient (Wildman–Crippen LogP) is 0.678. The second-order valence-corrected chi connectivity index (χ2v) is 5.46. The van der Waals surface area contributed by atoms with E-state index in [9.17, 15) is 9.00 Å². The maximum absolute atomic E-state index is 11.6. The first-order valence-electron chi connectivity index (χ1n) is 5.93. The molecule has 0 amide bonds. The summed E-state index contributed by atoms with van der Waals surface area (Å²) in [5.41, 5.74) is 0. The smallest absolute Gasteiger partial charge is 0.339 e. The molecule has 1 aliphatic rings. The van der Waals surface area contributed by atoms with Crippen LogP contribution in [0.1, 0.15) is 32.1 Å². The second kappa shape index (κ2) is 5.66. The van der Waals surface area contributed by atoms with Crippen molar-refractivity contribution in [1.29, 1.82) is 0 Å². The Morgan fingerprint density at radius 1 is 1.44 bits per heavy atom. The van der Waals surface area contributed by atoms with Gasteiger partial charge in [-0.1, -0.05) is 19.3 Å². The van der Waals surface area contributed by atoms with Crippen molar-refractivity contribution in [3.05, 3.63) is 10.6 Å². The van der Waals surface area contributed by atoms with Crippen molar-refractivity contribution < 1.29 is 12.9 Å². The summed E-state index contributed by atoms with van der Waals surface area (Å²) >= 11 is -1.90. The van der Waals surface area contributed by atoms with Gasteiger partial charge in [-0.15, -0.1) is 3.97 Å². The molecule has 0 bridgehead atoms. The Morgan fingerprint density at radius 2 is 2.11 bits per heavy atom. The largest absolute Gasteiger partial charge is 0.457 e. The van der Waals surface area contributed by atoms with Crippen LogP contribution < -0.4 is 10.7 Å². The van der Waals surface area contributed by atoms with Gasteiger partial charge < -0.3 is 4.90 Å². The maximum Gasteiger partial charge on any atom is 0.457 e. The van der Waals surface area contributed by atoms with Crippen LogP contribution in [0.5, 0.6) is 0 Å². The molecule has 1 saturated carbocycles. The van der Waals surface area contributed by atoms with Gasteiger partial charge in [0.15, 0.2) is 0 Å². The van der Waals surface area contributed by atoms with Gasteiger partial charge in [-0.05, 0) is 18.0 Å². The minimum absolute atomic E-state index is 0.257. The lowest BCUT2D eigenvalue weighted by molar-refractivity contribution is 0.376. The molecule has 18 heavy (non-hydrogen) atoms. The number of hydrogen-bond acceptors (Lipinski definition) is 6. The fourth-order valence-electron chi connectivity index (χ4n) is 2.28. The summed E-state index contributed by atoms with van der Waals surface area (Å²) in [6.45, 7) is 0. The molecule has 102 valence electrons. The van der Waals surface area contributed by atoms with Crippen LogP contribution in [-0.4, -0.2) is 33.5 Å². The first-order valence-corrected chi connectivity index (χ1v) is 6.96. The molecule has 1 atom stereocenters. The molecule has 1 aromatic rings. The van der Waals surface area contributed by atoms with E-state index in [1.807, 2.05) is 11.9 Å². The van der Waals surface area contributed by atoms with Crippen molar-refractivity contribution in [3.63, 3.8) is 0 Å².